The molecule has 0 saturated heterocycles. The minimum Gasteiger partial charge on any atom is -0.0622 e. The summed E-state index contributed by atoms with van der Waals surface area (Å²) in [6.07, 6.45) is 7.69. The van der Waals surface area contributed by atoms with Crippen LogP contribution in [0.15, 0.2) is 0 Å². The maximum absolute atomic E-state index is 2.41. The Hall–Kier alpha value is 0. The summed E-state index contributed by atoms with van der Waals surface area (Å²) in [7, 11) is 0. The third kappa shape index (κ3) is 0.997. The average Bonchev–Trinajstić information content (AvgIpc) is 2.44. The first-order valence-corrected chi connectivity index (χ1v) is 4.38. The predicted molar refractivity (Wildman–Crippen MR) is 39.2 cm³/mol. The van der Waals surface area contributed by atoms with Gasteiger partial charge in [0, 0.05) is 0 Å². The van der Waals surface area contributed by atoms with Crippen LogP contribution >= 0.6 is 0 Å². The van der Waals surface area contributed by atoms with Gasteiger partial charge in [0.05, 0.1) is 0 Å². The monoisotopic (exact) mass is 124 g/mol. The van der Waals surface area contributed by atoms with Crippen LogP contribution in [0.3, 0.4) is 0 Å². The van der Waals surface area contributed by atoms with Crippen LogP contribution in [0.5, 0.6) is 0 Å². The van der Waals surface area contributed by atoms with E-state index in [1.54, 1.807) is 19.3 Å². The second-order valence-electron chi connectivity index (χ2n) is 3.92. The lowest BCUT2D eigenvalue weighted by Gasteiger charge is -2.04. The summed E-state index contributed by atoms with van der Waals surface area (Å²) < 4.78 is 0. The van der Waals surface area contributed by atoms with E-state index in [1.807, 2.05) is 0 Å². The molecule has 0 aromatic heterocycles. The van der Waals surface area contributed by atoms with Crippen molar-refractivity contribution in [1.29, 1.82) is 0 Å². The Morgan fingerprint density at radius 3 is 2.11 bits per heavy atom. The molecular formula is C9H16. The quantitative estimate of drug-likeness (QED) is 0.504. The molecule has 0 nitrogen and oxygen atoms in total. The van der Waals surface area contributed by atoms with Gasteiger partial charge in [-0.05, 0) is 24.2 Å². The summed E-state index contributed by atoms with van der Waals surface area (Å²) >= 11 is 0. The smallest absolute Gasteiger partial charge is 0.0357 e. The Balaban J connectivity index is 1.85. The molecule has 0 amide bonds. The molecule has 9 heavy (non-hydrogen) atoms. The van der Waals surface area contributed by atoms with Gasteiger partial charge in [0.25, 0.3) is 0 Å². The largest absolute Gasteiger partial charge is 0.0622 e. The summed E-state index contributed by atoms with van der Waals surface area (Å²) in [4.78, 5) is 0. The van der Waals surface area contributed by atoms with Crippen LogP contribution in [-0.2, 0) is 0 Å². The van der Waals surface area contributed by atoms with Gasteiger partial charge < -0.3 is 0 Å². The minimum atomic E-state index is 1.09. The standard InChI is InChI=1S/C9H16/c1-7-6-9(7)8-4-2-3-5-8/h7-9H,2-6H2,1H3. The van der Waals surface area contributed by atoms with Crippen molar-refractivity contribution in [3.8, 4) is 0 Å². The summed E-state index contributed by atoms with van der Waals surface area (Å²) in [6, 6.07) is 0. The van der Waals surface area contributed by atoms with Gasteiger partial charge in [-0.1, -0.05) is 32.6 Å². The van der Waals surface area contributed by atoms with Crippen molar-refractivity contribution in [3.63, 3.8) is 0 Å². The first kappa shape index (κ1) is 5.76. The summed E-state index contributed by atoms with van der Waals surface area (Å²) in [5.74, 6) is 3.40. The molecule has 0 radical (unpaired) electrons. The second-order valence-corrected chi connectivity index (χ2v) is 3.92. The Morgan fingerprint density at radius 1 is 1.11 bits per heavy atom. The molecule has 0 bridgehead atoms. The molecular weight excluding hydrogens is 108 g/mol. The van der Waals surface area contributed by atoms with E-state index in [2.05, 4.69) is 6.92 Å². The lowest BCUT2D eigenvalue weighted by Crippen LogP contribution is -1.95. The highest BCUT2D eigenvalue weighted by Gasteiger charge is 2.39. The zero-order chi connectivity index (χ0) is 6.27. The van der Waals surface area contributed by atoms with Crippen LogP contribution in [0.1, 0.15) is 39.0 Å². The molecule has 2 saturated carbocycles. The van der Waals surface area contributed by atoms with E-state index in [-0.39, 0.29) is 0 Å². The second kappa shape index (κ2) is 2.00. The van der Waals surface area contributed by atoms with E-state index in [9.17, 15) is 0 Å². The topological polar surface area (TPSA) is 0 Å². The van der Waals surface area contributed by atoms with Gasteiger partial charge in [-0.2, -0.15) is 0 Å². The van der Waals surface area contributed by atoms with Gasteiger partial charge in [-0.3, -0.25) is 0 Å². The molecule has 2 fully saturated rings. The molecule has 2 rings (SSSR count). The first-order chi connectivity index (χ1) is 4.38. The Labute approximate surface area is 57.6 Å². The number of rotatable bonds is 1. The SMILES string of the molecule is CC1CC1C1CCCC1. The van der Waals surface area contributed by atoms with Crippen LogP contribution < -0.4 is 0 Å². The van der Waals surface area contributed by atoms with Gasteiger partial charge in [0.1, 0.15) is 0 Å². The fourth-order valence-electron chi connectivity index (χ4n) is 2.39. The maximum atomic E-state index is 2.41. The van der Waals surface area contributed by atoms with Crippen molar-refractivity contribution in [3.05, 3.63) is 0 Å². The number of hydrogen-bond acceptors (Lipinski definition) is 0. The van der Waals surface area contributed by atoms with Crippen molar-refractivity contribution in [2.75, 3.05) is 0 Å². The lowest BCUT2D eigenvalue weighted by molar-refractivity contribution is 0.456. The normalized spacial score (nSPS) is 43.7. The van der Waals surface area contributed by atoms with Gasteiger partial charge in [0.15, 0.2) is 0 Å². The van der Waals surface area contributed by atoms with Crippen LogP contribution in [0, 0.1) is 17.8 Å². The van der Waals surface area contributed by atoms with Crippen molar-refractivity contribution in [2.45, 2.75) is 39.0 Å². The third-order valence-corrected chi connectivity index (χ3v) is 3.18. The Bertz CT molecular complexity index is 101. The molecule has 2 aliphatic rings. The molecule has 0 spiro atoms. The van der Waals surface area contributed by atoms with Gasteiger partial charge >= 0.3 is 0 Å². The van der Waals surface area contributed by atoms with E-state index < -0.39 is 0 Å². The zero-order valence-corrected chi connectivity index (χ0v) is 6.27. The zero-order valence-electron chi connectivity index (χ0n) is 6.27. The summed E-state index contributed by atoms with van der Waals surface area (Å²) in [5.41, 5.74) is 0. The van der Waals surface area contributed by atoms with Gasteiger partial charge in [0.2, 0.25) is 0 Å². The average molecular weight is 124 g/mol. The van der Waals surface area contributed by atoms with Crippen molar-refractivity contribution in [1.82, 2.24) is 0 Å². The van der Waals surface area contributed by atoms with Crippen LogP contribution in [0.25, 0.3) is 0 Å². The minimum absolute atomic E-state index is 1.09. The van der Waals surface area contributed by atoms with E-state index in [1.165, 1.54) is 12.8 Å². The first-order valence-electron chi connectivity index (χ1n) is 4.38. The predicted octanol–water partition coefficient (Wildman–Crippen LogP) is 2.83. The van der Waals surface area contributed by atoms with E-state index in [4.69, 9.17) is 0 Å². The Morgan fingerprint density at radius 2 is 1.67 bits per heavy atom. The molecule has 2 unspecified atom stereocenters. The van der Waals surface area contributed by atoms with Crippen molar-refractivity contribution >= 4 is 0 Å². The van der Waals surface area contributed by atoms with E-state index >= 15 is 0 Å². The molecule has 0 aromatic carbocycles. The third-order valence-electron chi connectivity index (χ3n) is 3.18. The molecule has 0 heterocycles. The molecule has 2 atom stereocenters. The molecule has 2 aliphatic carbocycles. The highest BCUT2D eigenvalue weighted by Crippen LogP contribution is 2.49. The maximum Gasteiger partial charge on any atom is -0.0357 e. The van der Waals surface area contributed by atoms with Crippen molar-refractivity contribution < 1.29 is 0 Å². The fraction of sp³-hybridized carbons (Fsp3) is 1.00. The number of hydrogen-bond donors (Lipinski definition) is 0. The highest BCUT2D eigenvalue weighted by molar-refractivity contribution is 4.89. The molecule has 0 N–H and O–H groups in total. The van der Waals surface area contributed by atoms with Gasteiger partial charge in [-0.15, -0.1) is 0 Å². The van der Waals surface area contributed by atoms with Crippen LogP contribution in [0.4, 0.5) is 0 Å². The Kier molecular flexibility index (Phi) is 1.28. The lowest BCUT2D eigenvalue weighted by atomic mass is 10.0. The summed E-state index contributed by atoms with van der Waals surface area (Å²) in [6.45, 7) is 2.41. The van der Waals surface area contributed by atoms with E-state index in [0.717, 1.165) is 17.8 Å². The fourth-order valence-corrected chi connectivity index (χ4v) is 2.39. The van der Waals surface area contributed by atoms with Crippen LogP contribution in [0.2, 0.25) is 0 Å². The van der Waals surface area contributed by atoms with Crippen molar-refractivity contribution in [2.24, 2.45) is 17.8 Å². The van der Waals surface area contributed by atoms with E-state index in [0.29, 0.717) is 0 Å². The molecule has 0 aliphatic heterocycles. The van der Waals surface area contributed by atoms with Gasteiger partial charge in [-0.25, -0.2) is 0 Å². The molecule has 0 heteroatoms. The highest BCUT2D eigenvalue weighted by atomic mass is 14.4. The molecule has 0 aromatic rings. The summed E-state index contributed by atoms with van der Waals surface area (Å²) in [5, 5.41) is 0. The van der Waals surface area contributed by atoms with Crippen LogP contribution in [-0.4, -0.2) is 0 Å². The molecule has 52 valence electrons.